The molecule has 0 aromatic carbocycles. The number of aryl methyl sites for hydroxylation is 1. The largest absolute Gasteiger partial charge is 0.476 e. The van der Waals surface area contributed by atoms with Crippen molar-refractivity contribution in [2.45, 2.75) is 29.6 Å². The molecule has 1 aliphatic heterocycles. The number of carbonyl (C=O) groups excluding carboxylic acids is 1. The zero-order valence-corrected chi connectivity index (χ0v) is 13.8. The highest BCUT2D eigenvalue weighted by atomic mass is 35.6. The van der Waals surface area contributed by atoms with Crippen LogP contribution in [-0.4, -0.2) is 44.0 Å². The number of oxazole rings is 1. The molecule has 0 aliphatic carbocycles. The van der Waals surface area contributed by atoms with Crippen LogP contribution in [0.1, 0.15) is 41.0 Å². The number of carbonyl (C=O) groups is 2. The highest BCUT2D eigenvalue weighted by Crippen LogP contribution is 2.33. The molecule has 0 saturated carbocycles. The zero-order valence-electron chi connectivity index (χ0n) is 11.5. The Morgan fingerprint density at radius 1 is 1.50 bits per heavy atom. The molecule has 0 radical (unpaired) electrons. The lowest BCUT2D eigenvalue weighted by atomic mass is 10.2. The number of hydrogen-bond donors (Lipinski definition) is 1. The lowest BCUT2D eigenvalue weighted by molar-refractivity contribution is 0.0689. The first-order valence-corrected chi connectivity index (χ1v) is 7.53. The third kappa shape index (κ3) is 3.97. The summed E-state index contributed by atoms with van der Waals surface area (Å²) in [6, 6.07) is -0.491. The van der Waals surface area contributed by atoms with Gasteiger partial charge in [0.25, 0.3) is 0 Å². The molecule has 1 fully saturated rings. The maximum absolute atomic E-state index is 12.0. The van der Waals surface area contributed by atoms with Gasteiger partial charge in [0, 0.05) is 6.54 Å². The van der Waals surface area contributed by atoms with Crippen LogP contribution in [0.4, 0.5) is 4.79 Å². The number of rotatable bonds is 3. The molecule has 0 spiro atoms. The Hall–Kier alpha value is -1.18. The van der Waals surface area contributed by atoms with Gasteiger partial charge in [0.15, 0.2) is 5.69 Å². The minimum atomic E-state index is -1.69. The monoisotopic (exact) mass is 370 g/mol. The number of halogens is 3. The van der Waals surface area contributed by atoms with Crippen LogP contribution in [0.2, 0.25) is 0 Å². The normalized spacial score (nSPS) is 18.5. The Labute approximate surface area is 141 Å². The Bertz CT molecular complexity index is 584. The molecule has 1 amide bonds. The van der Waals surface area contributed by atoms with Crippen molar-refractivity contribution in [3.05, 3.63) is 17.3 Å². The molecule has 1 atom stereocenters. The number of nitrogens with zero attached hydrogens (tertiary/aromatic N) is 2. The first-order valence-electron chi connectivity index (χ1n) is 6.40. The lowest BCUT2D eigenvalue weighted by Crippen LogP contribution is -2.33. The van der Waals surface area contributed by atoms with Crippen LogP contribution in [0, 0.1) is 6.92 Å². The number of amides is 1. The molecular formula is C12H13Cl3N2O5. The zero-order chi connectivity index (χ0) is 16.5. The highest BCUT2D eigenvalue weighted by molar-refractivity contribution is 6.67. The summed E-state index contributed by atoms with van der Waals surface area (Å²) in [5, 5.41) is 9.00. The second-order valence-corrected chi connectivity index (χ2v) is 7.30. The van der Waals surface area contributed by atoms with E-state index in [1.807, 2.05) is 0 Å². The van der Waals surface area contributed by atoms with Crippen LogP contribution in [0.5, 0.6) is 0 Å². The molecular weight excluding hydrogens is 359 g/mol. The van der Waals surface area contributed by atoms with Gasteiger partial charge in [0.05, 0.1) is 0 Å². The van der Waals surface area contributed by atoms with E-state index in [9.17, 15) is 9.59 Å². The summed E-state index contributed by atoms with van der Waals surface area (Å²) in [6.45, 7) is 1.54. The van der Waals surface area contributed by atoms with Gasteiger partial charge in [0.1, 0.15) is 18.4 Å². The standard InChI is InChI=1S/C12H13Cl3N2O5/c1-6-8(10(18)19)16-9(22-6)7-3-2-4-17(7)11(20)21-5-12(13,14)15/h7H,2-5H2,1H3,(H,18,19)/t7-/m0/s1. The fourth-order valence-electron chi connectivity index (χ4n) is 2.23. The van der Waals surface area contributed by atoms with Gasteiger partial charge in [-0.25, -0.2) is 14.6 Å². The predicted octanol–water partition coefficient (Wildman–Crippen LogP) is 3.32. The van der Waals surface area contributed by atoms with E-state index >= 15 is 0 Å². The van der Waals surface area contributed by atoms with Crippen molar-refractivity contribution in [3.8, 4) is 0 Å². The molecule has 10 heteroatoms. The maximum atomic E-state index is 12.0. The number of alkyl halides is 3. The molecule has 1 aromatic heterocycles. The number of hydrogen-bond acceptors (Lipinski definition) is 5. The van der Waals surface area contributed by atoms with E-state index in [-0.39, 0.29) is 24.0 Å². The summed E-state index contributed by atoms with van der Waals surface area (Å²) < 4.78 is 8.60. The SMILES string of the molecule is Cc1oc([C@@H]2CCCN2C(=O)OCC(Cl)(Cl)Cl)nc1C(=O)O. The molecule has 0 unspecified atom stereocenters. The molecule has 1 aromatic rings. The molecule has 0 bridgehead atoms. The minimum absolute atomic E-state index is 0.165. The molecule has 2 rings (SSSR count). The second-order valence-electron chi connectivity index (χ2n) is 4.78. The highest BCUT2D eigenvalue weighted by Gasteiger charge is 2.36. The van der Waals surface area contributed by atoms with Crippen molar-refractivity contribution in [2.24, 2.45) is 0 Å². The van der Waals surface area contributed by atoms with E-state index in [0.29, 0.717) is 19.4 Å². The summed E-state index contributed by atoms with van der Waals surface area (Å²) >= 11 is 16.6. The Balaban J connectivity index is 2.12. The number of carboxylic acid groups (broad SMARTS) is 1. The molecule has 122 valence electrons. The molecule has 1 saturated heterocycles. The van der Waals surface area contributed by atoms with Gasteiger partial charge >= 0.3 is 12.1 Å². The molecule has 7 nitrogen and oxygen atoms in total. The van der Waals surface area contributed by atoms with Crippen LogP contribution in [-0.2, 0) is 4.74 Å². The average molecular weight is 372 g/mol. The van der Waals surface area contributed by atoms with Crippen LogP contribution >= 0.6 is 34.8 Å². The van der Waals surface area contributed by atoms with Crippen LogP contribution < -0.4 is 0 Å². The van der Waals surface area contributed by atoms with Gasteiger partial charge in [-0.1, -0.05) is 34.8 Å². The van der Waals surface area contributed by atoms with Crippen molar-refractivity contribution < 1.29 is 23.8 Å². The molecule has 1 N–H and O–H groups in total. The fourth-order valence-corrected chi connectivity index (χ4v) is 2.39. The van der Waals surface area contributed by atoms with Gasteiger partial charge in [-0.3, -0.25) is 4.90 Å². The van der Waals surface area contributed by atoms with Gasteiger partial charge in [-0.15, -0.1) is 0 Å². The summed E-state index contributed by atoms with van der Waals surface area (Å²) in [7, 11) is 0. The molecule has 2 heterocycles. The second kappa shape index (κ2) is 6.52. The third-order valence-electron chi connectivity index (χ3n) is 3.15. The van der Waals surface area contributed by atoms with Gasteiger partial charge in [0.2, 0.25) is 9.68 Å². The van der Waals surface area contributed by atoms with Crippen molar-refractivity contribution in [1.82, 2.24) is 9.88 Å². The summed E-state index contributed by atoms with van der Waals surface area (Å²) in [4.78, 5) is 28.4. The summed E-state index contributed by atoms with van der Waals surface area (Å²) in [6.07, 6.45) is 0.626. The van der Waals surface area contributed by atoms with E-state index in [4.69, 9.17) is 49.1 Å². The van der Waals surface area contributed by atoms with Crippen LogP contribution in [0.15, 0.2) is 4.42 Å². The van der Waals surface area contributed by atoms with Gasteiger partial charge in [-0.2, -0.15) is 0 Å². The van der Waals surface area contributed by atoms with E-state index in [1.165, 1.54) is 11.8 Å². The van der Waals surface area contributed by atoms with Crippen molar-refractivity contribution in [2.75, 3.05) is 13.2 Å². The van der Waals surface area contributed by atoms with Crippen molar-refractivity contribution in [3.63, 3.8) is 0 Å². The van der Waals surface area contributed by atoms with E-state index < -0.39 is 21.9 Å². The maximum Gasteiger partial charge on any atom is 0.410 e. The molecule has 1 aliphatic rings. The van der Waals surface area contributed by atoms with E-state index in [2.05, 4.69) is 4.98 Å². The smallest absolute Gasteiger partial charge is 0.410 e. The van der Waals surface area contributed by atoms with E-state index in [0.717, 1.165) is 0 Å². The van der Waals surface area contributed by atoms with Crippen LogP contribution in [0.3, 0.4) is 0 Å². The number of carboxylic acids is 1. The average Bonchev–Trinajstić information content (AvgIpc) is 3.00. The first-order chi connectivity index (χ1) is 10.2. The van der Waals surface area contributed by atoms with Gasteiger partial charge < -0.3 is 14.3 Å². The first kappa shape index (κ1) is 17.2. The fraction of sp³-hybridized carbons (Fsp3) is 0.583. The minimum Gasteiger partial charge on any atom is -0.476 e. The Kier molecular flexibility index (Phi) is 5.09. The Morgan fingerprint density at radius 3 is 2.73 bits per heavy atom. The van der Waals surface area contributed by atoms with Crippen LogP contribution in [0.25, 0.3) is 0 Å². The van der Waals surface area contributed by atoms with E-state index in [1.54, 1.807) is 0 Å². The summed E-state index contributed by atoms with van der Waals surface area (Å²) in [5.74, 6) is -0.835. The van der Waals surface area contributed by atoms with Gasteiger partial charge in [-0.05, 0) is 19.8 Å². The summed E-state index contributed by atoms with van der Waals surface area (Å²) in [5.41, 5.74) is -0.170. The Morgan fingerprint density at radius 2 is 2.18 bits per heavy atom. The van der Waals surface area contributed by atoms with Crippen molar-refractivity contribution >= 4 is 46.9 Å². The number of ether oxygens (including phenoxy) is 1. The number of aromatic carboxylic acids is 1. The third-order valence-corrected chi connectivity index (χ3v) is 3.47. The topological polar surface area (TPSA) is 92.9 Å². The van der Waals surface area contributed by atoms with Crippen molar-refractivity contribution in [1.29, 1.82) is 0 Å². The molecule has 22 heavy (non-hydrogen) atoms. The predicted molar refractivity (Wildman–Crippen MR) is 78.5 cm³/mol. The number of likely N-dealkylation sites (tertiary alicyclic amines) is 1. The number of aromatic nitrogens is 1. The lowest BCUT2D eigenvalue weighted by Gasteiger charge is -2.22. The quantitative estimate of drug-likeness (QED) is 0.819.